The van der Waals surface area contributed by atoms with Crippen molar-refractivity contribution in [3.8, 4) is 11.5 Å². The van der Waals surface area contributed by atoms with Crippen LogP contribution in [-0.2, 0) is 4.74 Å². The highest BCUT2D eigenvalue weighted by Gasteiger charge is 2.44. The number of carbonyl (C=O) groups is 2. The Bertz CT molecular complexity index is 1020. The highest BCUT2D eigenvalue weighted by molar-refractivity contribution is 5.95. The summed E-state index contributed by atoms with van der Waals surface area (Å²) in [5.41, 5.74) is 0.748. The third-order valence-corrected chi connectivity index (χ3v) is 6.14. The van der Waals surface area contributed by atoms with Gasteiger partial charge in [0.05, 0.1) is 24.7 Å². The fourth-order valence-electron chi connectivity index (χ4n) is 4.61. The lowest BCUT2D eigenvalue weighted by Crippen LogP contribution is -2.48. The molecule has 0 aliphatic carbocycles. The molecule has 2 fully saturated rings. The van der Waals surface area contributed by atoms with Gasteiger partial charge in [0.25, 0.3) is 11.6 Å². The molecule has 0 radical (unpaired) electrons. The number of carbonyl (C=O) groups excluding carboxylic acids is 2. The molecule has 3 atom stereocenters. The molecule has 0 saturated carbocycles. The number of nitrogens with zero attached hydrogens (tertiary/aromatic N) is 2. The number of fused-ring (bicyclic) bond motifs is 2. The van der Waals surface area contributed by atoms with Crippen molar-refractivity contribution in [1.29, 1.82) is 0 Å². The molecule has 2 aliphatic heterocycles. The molecule has 168 valence electrons. The lowest BCUT2D eigenvalue weighted by molar-refractivity contribution is -0.384. The number of ether oxygens (including phenoxy) is 3. The molecule has 0 spiro atoms. The zero-order valence-electron chi connectivity index (χ0n) is 17.9. The molecule has 2 aromatic carbocycles. The average molecular weight is 440 g/mol. The quantitative estimate of drug-likeness (QED) is 0.384. The van der Waals surface area contributed by atoms with Gasteiger partial charge in [-0.3, -0.25) is 14.9 Å². The third-order valence-electron chi connectivity index (χ3n) is 6.14. The first-order valence-corrected chi connectivity index (χ1v) is 10.4. The monoisotopic (exact) mass is 440 g/mol. The van der Waals surface area contributed by atoms with E-state index in [9.17, 15) is 19.7 Å². The number of non-ortho nitro benzene ring substituents is 1. The van der Waals surface area contributed by atoms with E-state index < -0.39 is 10.9 Å². The number of nitro benzene ring substituents is 1. The van der Waals surface area contributed by atoms with E-state index in [1.54, 1.807) is 18.2 Å². The first-order chi connectivity index (χ1) is 15.4. The number of esters is 1. The standard InChI is InChI=1S/C23H24N2O7/c1-30-20-10-5-15(11-21(20)31-2)23(27)32-19-12-17-8-9-18(13-19)24(17)22(26)14-3-6-16(7-4-14)25(28)29/h3-7,10-11,17-19H,8-9,12-13H2,1-2H3/t17-,18+,19?. The minimum atomic E-state index is -0.490. The number of amides is 1. The van der Waals surface area contributed by atoms with Crippen LogP contribution in [0.3, 0.4) is 0 Å². The molecular formula is C23H24N2O7. The van der Waals surface area contributed by atoms with Gasteiger partial charge in [-0.05, 0) is 43.2 Å². The fraction of sp³-hybridized carbons (Fsp3) is 0.391. The van der Waals surface area contributed by atoms with Gasteiger partial charge in [-0.2, -0.15) is 0 Å². The zero-order valence-corrected chi connectivity index (χ0v) is 17.9. The predicted octanol–water partition coefficient (Wildman–Crippen LogP) is 3.60. The summed E-state index contributed by atoms with van der Waals surface area (Å²) < 4.78 is 16.2. The first-order valence-electron chi connectivity index (χ1n) is 10.4. The largest absolute Gasteiger partial charge is 0.493 e. The van der Waals surface area contributed by atoms with Gasteiger partial charge in [-0.15, -0.1) is 0 Å². The number of piperidine rings is 1. The Labute approximate surface area is 185 Å². The molecule has 0 aromatic heterocycles. The van der Waals surface area contributed by atoms with Gasteiger partial charge in [0.2, 0.25) is 0 Å². The summed E-state index contributed by atoms with van der Waals surface area (Å²) in [5, 5.41) is 10.8. The molecule has 9 heteroatoms. The Balaban J connectivity index is 1.42. The van der Waals surface area contributed by atoms with Crippen molar-refractivity contribution in [2.75, 3.05) is 14.2 Å². The molecule has 1 unspecified atom stereocenters. The van der Waals surface area contributed by atoms with Crippen LogP contribution in [0.5, 0.6) is 11.5 Å². The summed E-state index contributed by atoms with van der Waals surface area (Å²) in [7, 11) is 3.03. The van der Waals surface area contributed by atoms with Crippen molar-refractivity contribution >= 4 is 17.6 Å². The molecule has 0 N–H and O–H groups in total. The van der Waals surface area contributed by atoms with Crippen LogP contribution in [0.2, 0.25) is 0 Å². The van der Waals surface area contributed by atoms with E-state index in [4.69, 9.17) is 14.2 Å². The Kier molecular flexibility index (Phi) is 5.98. The zero-order chi connectivity index (χ0) is 22.8. The predicted molar refractivity (Wildman–Crippen MR) is 114 cm³/mol. The summed E-state index contributed by atoms with van der Waals surface area (Å²) >= 11 is 0. The molecule has 2 saturated heterocycles. The van der Waals surface area contributed by atoms with Crippen molar-refractivity contribution in [1.82, 2.24) is 4.90 Å². The van der Waals surface area contributed by atoms with Crippen molar-refractivity contribution in [3.63, 3.8) is 0 Å². The number of hydrogen-bond acceptors (Lipinski definition) is 7. The van der Waals surface area contributed by atoms with E-state index in [1.165, 1.54) is 38.5 Å². The van der Waals surface area contributed by atoms with Crippen molar-refractivity contribution < 1.29 is 28.7 Å². The van der Waals surface area contributed by atoms with Crippen LogP contribution >= 0.6 is 0 Å². The smallest absolute Gasteiger partial charge is 0.338 e. The minimum absolute atomic E-state index is 0.0281. The van der Waals surface area contributed by atoms with Gasteiger partial charge in [0, 0.05) is 42.6 Å². The van der Waals surface area contributed by atoms with Crippen molar-refractivity contribution in [2.24, 2.45) is 0 Å². The second kappa shape index (κ2) is 8.86. The highest BCUT2D eigenvalue weighted by atomic mass is 16.6. The van der Waals surface area contributed by atoms with Gasteiger partial charge in [-0.25, -0.2) is 4.79 Å². The molecule has 1 amide bonds. The van der Waals surface area contributed by atoms with Crippen molar-refractivity contribution in [3.05, 3.63) is 63.7 Å². The van der Waals surface area contributed by atoms with Crippen LogP contribution in [0.4, 0.5) is 5.69 Å². The lowest BCUT2D eigenvalue weighted by Gasteiger charge is -2.38. The number of rotatable bonds is 6. The minimum Gasteiger partial charge on any atom is -0.493 e. The number of benzene rings is 2. The molecule has 9 nitrogen and oxygen atoms in total. The summed E-state index contributed by atoms with van der Waals surface area (Å²) in [6, 6.07) is 10.5. The Hall–Kier alpha value is -3.62. The number of nitro groups is 1. The summed E-state index contributed by atoms with van der Waals surface area (Å²) in [4.78, 5) is 37.9. The second-order valence-corrected chi connectivity index (χ2v) is 7.97. The van der Waals surface area contributed by atoms with Crippen LogP contribution in [0.15, 0.2) is 42.5 Å². The van der Waals surface area contributed by atoms with Gasteiger partial charge in [0.1, 0.15) is 6.10 Å². The SMILES string of the molecule is COc1ccc(C(=O)OC2C[C@H]3CC[C@@H](C2)N3C(=O)c2ccc([N+](=O)[O-])cc2)cc1OC. The van der Waals surface area contributed by atoms with Gasteiger partial charge >= 0.3 is 5.97 Å². The van der Waals surface area contributed by atoms with Crippen LogP contribution in [0, 0.1) is 10.1 Å². The number of methoxy groups -OCH3 is 2. The molecule has 2 heterocycles. The van der Waals surface area contributed by atoms with Crippen LogP contribution in [0.25, 0.3) is 0 Å². The molecule has 4 rings (SSSR count). The number of hydrogen-bond donors (Lipinski definition) is 0. The molecule has 2 bridgehead atoms. The average Bonchev–Trinajstić information content (AvgIpc) is 3.08. The van der Waals surface area contributed by atoms with E-state index in [0.29, 0.717) is 35.5 Å². The Morgan fingerprint density at radius 1 is 0.938 bits per heavy atom. The topological polar surface area (TPSA) is 108 Å². The van der Waals surface area contributed by atoms with E-state index in [0.717, 1.165) is 12.8 Å². The third kappa shape index (κ3) is 4.10. The maximum Gasteiger partial charge on any atom is 0.338 e. The van der Waals surface area contributed by atoms with E-state index in [-0.39, 0.29) is 29.8 Å². The normalized spacial score (nSPS) is 21.7. The van der Waals surface area contributed by atoms with E-state index in [2.05, 4.69) is 0 Å². The van der Waals surface area contributed by atoms with Gasteiger partial charge < -0.3 is 19.1 Å². The molecule has 2 aromatic rings. The van der Waals surface area contributed by atoms with Crippen LogP contribution in [0.1, 0.15) is 46.4 Å². The van der Waals surface area contributed by atoms with Gasteiger partial charge in [0.15, 0.2) is 11.5 Å². The fourth-order valence-corrected chi connectivity index (χ4v) is 4.61. The summed E-state index contributed by atoms with van der Waals surface area (Å²) in [6.45, 7) is 0. The van der Waals surface area contributed by atoms with Crippen LogP contribution < -0.4 is 9.47 Å². The van der Waals surface area contributed by atoms with Crippen molar-refractivity contribution in [2.45, 2.75) is 43.9 Å². The Morgan fingerprint density at radius 3 is 2.09 bits per heavy atom. The van der Waals surface area contributed by atoms with Gasteiger partial charge in [-0.1, -0.05) is 0 Å². The van der Waals surface area contributed by atoms with E-state index in [1.807, 2.05) is 4.90 Å². The lowest BCUT2D eigenvalue weighted by atomic mass is 9.98. The summed E-state index contributed by atoms with van der Waals surface area (Å²) in [6.07, 6.45) is 2.53. The summed E-state index contributed by atoms with van der Waals surface area (Å²) in [5.74, 6) is 0.397. The highest BCUT2D eigenvalue weighted by Crippen LogP contribution is 2.38. The molecule has 32 heavy (non-hydrogen) atoms. The maximum absolute atomic E-state index is 13.0. The first kappa shape index (κ1) is 21.6. The van der Waals surface area contributed by atoms with Crippen LogP contribution in [-0.4, -0.2) is 54.1 Å². The Morgan fingerprint density at radius 2 is 1.53 bits per heavy atom. The maximum atomic E-state index is 13.0. The van der Waals surface area contributed by atoms with E-state index >= 15 is 0 Å². The molecule has 2 aliphatic rings. The second-order valence-electron chi connectivity index (χ2n) is 7.97. The molecular weight excluding hydrogens is 416 g/mol.